The third kappa shape index (κ3) is 6.78. The summed E-state index contributed by atoms with van der Waals surface area (Å²) in [5.41, 5.74) is 1.16. The maximum atomic E-state index is 6.00. The Kier molecular flexibility index (Phi) is 9.61. The van der Waals surface area contributed by atoms with Gasteiger partial charge in [0.1, 0.15) is 6.10 Å². The van der Waals surface area contributed by atoms with Crippen LogP contribution in [0.2, 0.25) is 0 Å². The number of ether oxygens (including phenoxy) is 1. The molecule has 7 heteroatoms. The van der Waals surface area contributed by atoms with Gasteiger partial charge in [-0.1, -0.05) is 6.92 Å². The van der Waals surface area contributed by atoms with Crippen molar-refractivity contribution in [3.8, 4) is 5.88 Å². The number of aliphatic imine (C=N–C) groups is 1. The van der Waals surface area contributed by atoms with Crippen LogP contribution in [0.1, 0.15) is 51.0 Å². The molecule has 0 bridgehead atoms. The fourth-order valence-corrected chi connectivity index (χ4v) is 3.97. The minimum atomic E-state index is 0. The van der Waals surface area contributed by atoms with Crippen molar-refractivity contribution in [3.05, 3.63) is 23.9 Å². The molecule has 1 aromatic heterocycles. The largest absolute Gasteiger partial charge is 0.474 e. The predicted molar refractivity (Wildman–Crippen MR) is 121 cm³/mol. The van der Waals surface area contributed by atoms with E-state index < -0.39 is 0 Å². The number of pyridine rings is 1. The lowest BCUT2D eigenvalue weighted by Crippen LogP contribution is -2.44. The zero-order chi connectivity index (χ0) is 18.2. The van der Waals surface area contributed by atoms with E-state index in [-0.39, 0.29) is 24.0 Å². The molecule has 2 heterocycles. The van der Waals surface area contributed by atoms with Crippen LogP contribution in [0.5, 0.6) is 5.88 Å². The van der Waals surface area contributed by atoms with Gasteiger partial charge in [-0.15, -0.1) is 24.0 Å². The molecule has 1 atom stereocenters. The van der Waals surface area contributed by atoms with Crippen LogP contribution in [0.25, 0.3) is 0 Å². The van der Waals surface area contributed by atoms with E-state index in [4.69, 9.17) is 4.74 Å². The Bertz CT molecular complexity index is 591. The number of hydrogen-bond acceptors (Lipinski definition) is 4. The predicted octanol–water partition coefficient (Wildman–Crippen LogP) is 3.17. The summed E-state index contributed by atoms with van der Waals surface area (Å²) in [5.74, 6) is 1.59. The van der Waals surface area contributed by atoms with Crippen molar-refractivity contribution in [2.75, 3.05) is 26.7 Å². The van der Waals surface area contributed by atoms with Crippen LogP contribution in [-0.4, -0.2) is 54.7 Å². The molecule has 0 radical (unpaired) electrons. The second-order valence-electron chi connectivity index (χ2n) is 7.26. The van der Waals surface area contributed by atoms with Crippen molar-refractivity contribution in [3.63, 3.8) is 0 Å². The molecular weight excluding hydrogens is 453 g/mol. The first-order valence-electron chi connectivity index (χ1n) is 10.1. The van der Waals surface area contributed by atoms with Gasteiger partial charge in [0.05, 0.1) is 0 Å². The molecule has 152 valence electrons. The van der Waals surface area contributed by atoms with Crippen molar-refractivity contribution >= 4 is 29.9 Å². The van der Waals surface area contributed by atoms with Gasteiger partial charge in [-0.2, -0.15) is 0 Å². The highest BCUT2D eigenvalue weighted by Gasteiger charge is 2.22. The summed E-state index contributed by atoms with van der Waals surface area (Å²) in [6.45, 7) is 6.24. The molecule has 0 aromatic carbocycles. The van der Waals surface area contributed by atoms with Gasteiger partial charge in [0.15, 0.2) is 5.96 Å². The standard InChI is InChI=1S/C20H33N5O.HI/c1-3-25-12-6-7-17(25)15-24-20(21-2)23-14-16-10-11-22-19(13-16)26-18-8-4-5-9-18;/h10-11,13,17-18H,3-9,12,14-15H2,1-2H3,(H2,21,23,24);1H. The number of likely N-dealkylation sites (N-methyl/N-ethyl adjacent to an activating group) is 1. The molecule has 6 nitrogen and oxygen atoms in total. The second kappa shape index (κ2) is 11.7. The zero-order valence-corrected chi connectivity index (χ0v) is 18.9. The molecule has 1 unspecified atom stereocenters. The van der Waals surface area contributed by atoms with Crippen LogP contribution in [0.3, 0.4) is 0 Å². The normalized spacial score (nSPS) is 21.1. The topological polar surface area (TPSA) is 61.8 Å². The smallest absolute Gasteiger partial charge is 0.213 e. The lowest BCUT2D eigenvalue weighted by molar-refractivity contribution is 0.201. The molecule has 0 amide bonds. The fourth-order valence-electron chi connectivity index (χ4n) is 3.97. The van der Waals surface area contributed by atoms with Crippen molar-refractivity contribution in [2.24, 2.45) is 4.99 Å². The monoisotopic (exact) mass is 487 g/mol. The first-order chi connectivity index (χ1) is 12.8. The quantitative estimate of drug-likeness (QED) is 0.352. The number of rotatable bonds is 7. The third-order valence-corrected chi connectivity index (χ3v) is 5.48. The minimum Gasteiger partial charge on any atom is -0.474 e. The van der Waals surface area contributed by atoms with Crippen LogP contribution < -0.4 is 15.4 Å². The average molecular weight is 487 g/mol. The minimum absolute atomic E-state index is 0. The number of nitrogens with one attached hydrogen (secondary N) is 2. The second-order valence-corrected chi connectivity index (χ2v) is 7.26. The Morgan fingerprint density at radius 1 is 1.26 bits per heavy atom. The van der Waals surface area contributed by atoms with E-state index in [1.54, 1.807) is 0 Å². The van der Waals surface area contributed by atoms with Gasteiger partial charge in [0.25, 0.3) is 0 Å². The summed E-state index contributed by atoms with van der Waals surface area (Å²) in [6.07, 6.45) is 9.57. The Balaban J connectivity index is 0.00000261. The summed E-state index contributed by atoms with van der Waals surface area (Å²) in [5, 5.41) is 6.87. The molecule has 1 aliphatic heterocycles. The molecule has 3 rings (SSSR count). The number of halogens is 1. The Morgan fingerprint density at radius 3 is 2.81 bits per heavy atom. The molecule has 1 aromatic rings. The van der Waals surface area contributed by atoms with Gasteiger partial charge in [-0.3, -0.25) is 9.89 Å². The third-order valence-electron chi connectivity index (χ3n) is 5.48. The highest BCUT2D eigenvalue weighted by molar-refractivity contribution is 14.0. The molecule has 1 saturated heterocycles. The van der Waals surface area contributed by atoms with E-state index in [0.717, 1.165) is 43.3 Å². The highest BCUT2D eigenvalue weighted by Crippen LogP contribution is 2.23. The number of nitrogens with zero attached hydrogens (tertiary/aromatic N) is 3. The molecule has 2 fully saturated rings. The number of hydrogen-bond donors (Lipinski definition) is 2. The fraction of sp³-hybridized carbons (Fsp3) is 0.700. The first-order valence-corrected chi connectivity index (χ1v) is 10.1. The summed E-state index contributed by atoms with van der Waals surface area (Å²) < 4.78 is 6.00. The Morgan fingerprint density at radius 2 is 2.07 bits per heavy atom. The van der Waals surface area contributed by atoms with Crippen molar-refractivity contribution in [1.29, 1.82) is 0 Å². The summed E-state index contributed by atoms with van der Waals surface area (Å²) in [4.78, 5) is 11.2. The van der Waals surface area contributed by atoms with E-state index in [1.165, 1.54) is 32.2 Å². The van der Waals surface area contributed by atoms with Gasteiger partial charge in [-0.25, -0.2) is 4.98 Å². The van der Waals surface area contributed by atoms with E-state index in [0.29, 0.717) is 18.7 Å². The maximum absolute atomic E-state index is 6.00. The highest BCUT2D eigenvalue weighted by atomic mass is 127. The van der Waals surface area contributed by atoms with E-state index in [2.05, 4.69) is 32.4 Å². The maximum Gasteiger partial charge on any atom is 0.213 e. The SMILES string of the molecule is CCN1CCCC1CNC(=NC)NCc1ccnc(OC2CCCC2)c1.I. The van der Waals surface area contributed by atoms with Crippen LogP contribution in [-0.2, 0) is 6.54 Å². The molecule has 2 aliphatic rings. The van der Waals surface area contributed by atoms with E-state index in [1.807, 2.05) is 25.4 Å². The van der Waals surface area contributed by atoms with E-state index in [9.17, 15) is 0 Å². The van der Waals surface area contributed by atoms with Gasteiger partial charge in [-0.05, 0) is 63.2 Å². The summed E-state index contributed by atoms with van der Waals surface area (Å²) in [6, 6.07) is 4.68. The van der Waals surface area contributed by atoms with Crippen molar-refractivity contribution < 1.29 is 4.74 Å². The van der Waals surface area contributed by atoms with Crippen LogP contribution >= 0.6 is 24.0 Å². The Labute approximate surface area is 180 Å². The van der Waals surface area contributed by atoms with Crippen molar-refractivity contribution in [1.82, 2.24) is 20.5 Å². The number of aromatic nitrogens is 1. The van der Waals surface area contributed by atoms with Crippen LogP contribution in [0.15, 0.2) is 23.3 Å². The molecule has 1 saturated carbocycles. The molecule has 0 spiro atoms. The molecule has 2 N–H and O–H groups in total. The number of guanidine groups is 1. The van der Waals surface area contributed by atoms with Gasteiger partial charge < -0.3 is 15.4 Å². The Hall–Kier alpha value is -1.09. The average Bonchev–Trinajstić information content (AvgIpc) is 3.33. The van der Waals surface area contributed by atoms with E-state index >= 15 is 0 Å². The molecule has 1 aliphatic carbocycles. The van der Waals surface area contributed by atoms with Crippen LogP contribution in [0, 0.1) is 0 Å². The number of likely N-dealkylation sites (tertiary alicyclic amines) is 1. The van der Waals surface area contributed by atoms with Gasteiger partial charge in [0, 0.05) is 38.4 Å². The molecular formula is C20H34IN5O. The van der Waals surface area contributed by atoms with Gasteiger partial charge >= 0.3 is 0 Å². The van der Waals surface area contributed by atoms with Gasteiger partial charge in [0.2, 0.25) is 5.88 Å². The zero-order valence-electron chi connectivity index (χ0n) is 16.6. The van der Waals surface area contributed by atoms with Crippen molar-refractivity contribution in [2.45, 2.75) is 64.1 Å². The van der Waals surface area contributed by atoms with Crippen LogP contribution in [0.4, 0.5) is 0 Å². The lowest BCUT2D eigenvalue weighted by Gasteiger charge is -2.24. The first kappa shape index (κ1) is 22.2. The molecule has 27 heavy (non-hydrogen) atoms. The lowest BCUT2D eigenvalue weighted by atomic mass is 10.2. The summed E-state index contributed by atoms with van der Waals surface area (Å²) in [7, 11) is 1.82. The summed E-state index contributed by atoms with van der Waals surface area (Å²) >= 11 is 0.